The zero-order valence-corrected chi connectivity index (χ0v) is 22.3. The predicted octanol–water partition coefficient (Wildman–Crippen LogP) is 4.46. The Kier molecular flexibility index (Phi) is 7.14. The first-order chi connectivity index (χ1) is 17.7. The number of anilines is 1. The van der Waals surface area contributed by atoms with Crippen LogP contribution in [0.5, 0.6) is 0 Å². The van der Waals surface area contributed by atoms with Crippen LogP contribution in [-0.4, -0.2) is 80.0 Å². The summed E-state index contributed by atoms with van der Waals surface area (Å²) in [5, 5.41) is 4.55. The minimum Gasteiger partial charge on any atom is -0.369 e. The zero-order valence-electron chi connectivity index (χ0n) is 21.5. The molecule has 9 heteroatoms. The maximum absolute atomic E-state index is 16.1. The number of rotatable bonds is 4. The first kappa shape index (κ1) is 25.5. The first-order valence-corrected chi connectivity index (χ1v) is 13.2. The van der Waals surface area contributed by atoms with E-state index in [-0.39, 0.29) is 23.5 Å². The van der Waals surface area contributed by atoms with Crippen LogP contribution in [-0.2, 0) is 4.79 Å². The number of aromatic nitrogens is 1. The molecular weight excluding hydrogens is 493 g/mol. The number of amides is 2. The molecule has 7 nitrogen and oxygen atoms in total. The third kappa shape index (κ3) is 4.92. The van der Waals surface area contributed by atoms with Gasteiger partial charge in [-0.05, 0) is 48.2 Å². The summed E-state index contributed by atoms with van der Waals surface area (Å²) in [4.78, 5) is 33.4. The number of nitrogens with zero attached hydrogens (tertiary/aromatic N) is 3. The predicted molar refractivity (Wildman–Crippen MR) is 146 cm³/mol. The van der Waals surface area contributed by atoms with E-state index in [2.05, 4.69) is 21.3 Å². The number of likely N-dealkylation sites (tertiary alicyclic amines) is 1. The highest BCUT2D eigenvalue weighted by atomic mass is 35.5. The molecule has 2 amide bonds. The van der Waals surface area contributed by atoms with E-state index in [0.29, 0.717) is 40.3 Å². The third-order valence-electron chi connectivity index (χ3n) is 7.55. The number of halogens is 2. The summed E-state index contributed by atoms with van der Waals surface area (Å²) in [7, 11) is 3.33. The van der Waals surface area contributed by atoms with E-state index in [1.54, 1.807) is 32.0 Å². The molecule has 0 bridgehead atoms. The van der Waals surface area contributed by atoms with Crippen molar-refractivity contribution in [3.8, 4) is 11.1 Å². The van der Waals surface area contributed by atoms with E-state index in [0.717, 1.165) is 55.8 Å². The van der Waals surface area contributed by atoms with Crippen molar-refractivity contribution in [2.75, 3.05) is 58.3 Å². The van der Waals surface area contributed by atoms with Crippen LogP contribution in [0.3, 0.4) is 0 Å². The van der Waals surface area contributed by atoms with Crippen molar-refractivity contribution in [1.82, 2.24) is 20.1 Å². The van der Waals surface area contributed by atoms with Crippen molar-refractivity contribution in [3.05, 3.63) is 52.4 Å². The summed E-state index contributed by atoms with van der Waals surface area (Å²) in [5.41, 5.74) is 3.77. The van der Waals surface area contributed by atoms with E-state index in [9.17, 15) is 9.59 Å². The van der Waals surface area contributed by atoms with Crippen LogP contribution in [0.25, 0.3) is 22.0 Å². The lowest BCUT2D eigenvalue weighted by Crippen LogP contribution is -2.43. The molecule has 3 aromatic rings. The Balaban J connectivity index is 1.64. The Labute approximate surface area is 221 Å². The third-order valence-corrected chi connectivity index (χ3v) is 7.86. The van der Waals surface area contributed by atoms with Crippen molar-refractivity contribution in [2.24, 2.45) is 0 Å². The molecule has 1 atom stereocenters. The highest BCUT2D eigenvalue weighted by molar-refractivity contribution is 6.34. The van der Waals surface area contributed by atoms with E-state index >= 15 is 4.39 Å². The molecule has 196 valence electrons. The molecular formula is C28H33ClFN5O2. The van der Waals surface area contributed by atoms with E-state index < -0.39 is 0 Å². The molecule has 3 heterocycles. The Hall–Kier alpha value is -3.10. The van der Waals surface area contributed by atoms with Gasteiger partial charge in [-0.25, -0.2) is 4.39 Å². The number of carbonyl (C=O) groups is 2. The van der Waals surface area contributed by atoms with Gasteiger partial charge in [0.25, 0.3) is 5.91 Å². The summed E-state index contributed by atoms with van der Waals surface area (Å²) >= 11 is 6.87. The summed E-state index contributed by atoms with van der Waals surface area (Å²) in [5.74, 6) is -0.753. The van der Waals surface area contributed by atoms with Gasteiger partial charge in [0, 0.05) is 82.8 Å². The molecule has 0 radical (unpaired) electrons. The van der Waals surface area contributed by atoms with Crippen LogP contribution < -0.4 is 10.2 Å². The number of piperazine rings is 1. The molecule has 2 saturated heterocycles. The standard InChI is InChI=1S/C28H33ClFN5O2/c1-17(36)35-10-4-5-18(16-35)21-14-22(23-15-25(28(37)33(2)3)32-27(23)26(21)30)20-7-6-19(13-24(20)29)34-11-8-31-9-12-34/h6-7,13-15,18,31-32H,4-5,8-12,16H2,1-3H3/t18-/m0/s1. The second-order valence-electron chi connectivity index (χ2n) is 10.2. The second-order valence-corrected chi connectivity index (χ2v) is 10.6. The summed E-state index contributed by atoms with van der Waals surface area (Å²) in [6, 6.07) is 9.59. The Morgan fingerprint density at radius 2 is 1.84 bits per heavy atom. The highest BCUT2D eigenvalue weighted by Gasteiger charge is 2.28. The van der Waals surface area contributed by atoms with Crippen LogP contribution in [0, 0.1) is 5.82 Å². The lowest BCUT2D eigenvalue weighted by Gasteiger charge is -2.33. The number of H-pyrrole nitrogens is 1. The maximum atomic E-state index is 16.1. The summed E-state index contributed by atoms with van der Waals surface area (Å²) in [6.07, 6.45) is 1.60. The number of carbonyl (C=O) groups excluding carboxylic acids is 2. The molecule has 0 spiro atoms. The molecule has 2 aliphatic rings. The smallest absolute Gasteiger partial charge is 0.269 e. The fraction of sp³-hybridized carbons (Fsp3) is 0.429. The Morgan fingerprint density at radius 3 is 2.51 bits per heavy atom. The molecule has 1 aromatic heterocycles. The number of piperidine rings is 1. The topological polar surface area (TPSA) is 71.7 Å². The van der Waals surface area contributed by atoms with Crippen LogP contribution in [0.1, 0.15) is 41.7 Å². The minimum absolute atomic E-state index is 0.00306. The number of aromatic amines is 1. The van der Waals surface area contributed by atoms with Gasteiger partial charge in [0.2, 0.25) is 5.91 Å². The van der Waals surface area contributed by atoms with Gasteiger partial charge in [-0.2, -0.15) is 0 Å². The average Bonchev–Trinajstić information content (AvgIpc) is 3.35. The molecule has 2 N–H and O–H groups in total. The Bertz CT molecular complexity index is 1350. The SMILES string of the molecule is CC(=O)N1CCC[C@H](c2cc(-c3ccc(N4CCNCC4)cc3Cl)c3cc(C(=O)N(C)C)[nH]c3c2F)C1. The van der Waals surface area contributed by atoms with Gasteiger partial charge in [0.05, 0.1) is 10.5 Å². The van der Waals surface area contributed by atoms with Crippen LogP contribution in [0.2, 0.25) is 5.02 Å². The van der Waals surface area contributed by atoms with Crippen LogP contribution in [0.15, 0.2) is 30.3 Å². The van der Waals surface area contributed by atoms with Crippen LogP contribution in [0.4, 0.5) is 10.1 Å². The van der Waals surface area contributed by atoms with Gasteiger partial charge in [0.1, 0.15) is 5.69 Å². The first-order valence-electron chi connectivity index (χ1n) is 12.8. The van der Waals surface area contributed by atoms with Gasteiger partial charge >= 0.3 is 0 Å². The van der Waals surface area contributed by atoms with Crippen molar-refractivity contribution in [1.29, 1.82) is 0 Å². The molecule has 0 unspecified atom stereocenters. The monoisotopic (exact) mass is 525 g/mol. The van der Waals surface area contributed by atoms with E-state index in [4.69, 9.17) is 11.6 Å². The molecule has 37 heavy (non-hydrogen) atoms. The summed E-state index contributed by atoms with van der Waals surface area (Å²) < 4.78 is 16.1. The van der Waals surface area contributed by atoms with E-state index in [1.807, 2.05) is 18.2 Å². The normalized spacial score (nSPS) is 18.4. The fourth-order valence-corrected chi connectivity index (χ4v) is 5.79. The van der Waals surface area contributed by atoms with Gasteiger partial charge in [0.15, 0.2) is 5.82 Å². The molecule has 0 aliphatic carbocycles. The van der Waals surface area contributed by atoms with Crippen molar-refractivity contribution < 1.29 is 14.0 Å². The number of fused-ring (bicyclic) bond motifs is 1. The Morgan fingerprint density at radius 1 is 1.08 bits per heavy atom. The quantitative estimate of drug-likeness (QED) is 0.527. The molecule has 2 aromatic carbocycles. The lowest BCUT2D eigenvalue weighted by atomic mass is 9.87. The highest BCUT2D eigenvalue weighted by Crippen LogP contribution is 2.41. The number of hydrogen-bond acceptors (Lipinski definition) is 4. The molecule has 2 fully saturated rings. The van der Waals surface area contributed by atoms with Crippen LogP contribution >= 0.6 is 11.6 Å². The molecule has 5 rings (SSSR count). The summed E-state index contributed by atoms with van der Waals surface area (Å²) in [6.45, 7) is 6.36. The van der Waals surface area contributed by atoms with Crippen molar-refractivity contribution in [3.63, 3.8) is 0 Å². The zero-order chi connectivity index (χ0) is 26.3. The van der Waals surface area contributed by atoms with Gasteiger partial charge < -0.3 is 25.0 Å². The van der Waals surface area contributed by atoms with Gasteiger partial charge in [-0.3, -0.25) is 9.59 Å². The van der Waals surface area contributed by atoms with Gasteiger partial charge in [-0.15, -0.1) is 0 Å². The fourth-order valence-electron chi connectivity index (χ4n) is 5.52. The van der Waals surface area contributed by atoms with Crippen molar-refractivity contribution >= 4 is 40.0 Å². The van der Waals surface area contributed by atoms with E-state index in [1.165, 1.54) is 4.90 Å². The maximum Gasteiger partial charge on any atom is 0.269 e. The minimum atomic E-state index is -0.375. The molecule has 0 saturated carbocycles. The largest absolute Gasteiger partial charge is 0.369 e. The number of nitrogens with one attached hydrogen (secondary N) is 2. The molecule has 2 aliphatic heterocycles. The number of benzene rings is 2. The van der Waals surface area contributed by atoms with Gasteiger partial charge in [-0.1, -0.05) is 17.7 Å². The van der Waals surface area contributed by atoms with Crippen molar-refractivity contribution in [2.45, 2.75) is 25.7 Å². The number of hydrogen-bond donors (Lipinski definition) is 2. The lowest BCUT2D eigenvalue weighted by molar-refractivity contribution is -0.130. The average molecular weight is 526 g/mol. The second kappa shape index (κ2) is 10.3.